The Kier molecular flexibility index (Phi) is 5.41. The Labute approximate surface area is 296 Å². The largest absolute Gasteiger partial charge is 0.308 e. The number of hydrogen-bond acceptors (Lipinski definition) is 2. The van der Waals surface area contributed by atoms with Crippen LogP contribution in [0.5, 0.6) is 0 Å². The number of fused-ring (bicyclic) bond motifs is 15. The highest BCUT2D eigenvalue weighted by atomic mass is 32.1. The van der Waals surface area contributed by atoms with Crippen LogP contribution in [-0.4, -0.2) is 4.40 Å². The molecule has 0 aliphatic carbocycles. The first-order chi connectivity index (χ1) is 25.3. The van der Waals surface area contributed by atoms with E-state index < -0.39 is 0 Å². The van der Waals surface area contributed by atoms with Gasteiger partial charge in [-0.3, -0.25) is 0 Å². The second kappa shape index (κ2) is 10.1. The summed E-state index contributed by atoms with van der Waals surface area (Å²) in [4.78, 5) is 2.54. The van der Waals surface area contributed by atoms with E-state index in [2.05, 4.69) is 179 Å². The first kappa shape index (κ1) is 27.4. The maximum absolute atomic E-state index is 2.54. The molecule has 3 heterocycles. The van der Waals surface area contributed by atoms with Crippen LogP contribution in [0.1, 0.15) is 0 Å². The van der Waals surface area contributed by atoms with E-state index in [9.17, 15) is 0 Å². The highest BCUT2D eigenvalue weighted by molar-refractivity contribution is 7.26. The van der Waals surface area contributed by atoms with Crippen LogP contribution in [0.3, 0.4) is 0 Å². The summed E-state index contributed by atoms with van der Waals surface area (Å²) in [7, 11) is 0. The molecule has 0 saturated heterocycles. The maximum Gasteiger partial charge on any atom is 0.0641 e. The van der Waals surface area contributed by atoms with Crippen LogP contribution in [0.25, 0.3) is 90.6 Å². The summed E-state index contributed by atoms with van der Waals surface area (Å²) in [5, 5.41) is 15.4. The molecular formula is C48H28N2S. The average Bonchev–Trinajstić information content (AvgIpc) is 3.86. The Morgan fingerprint density at radius 2 is 0.922 bits per heavy atom. The van der Waals surface area contributed by atoms with E-state index in [0.29, 0.717) is 0 Å². The van der Waals surface area contributed by atoms with E-state index >= 15 is 0 Å². The van der Waals surface area contributed by atoms with Crippen LogP contribution >= 0.6 is 11.3 Å². The number of thiophene rings is 1. The zero-order valence-electron chi connectivity index (χ0n) is 27.5. The second-order valence-electron chi connectivity index (χ2n) is 13.6. The van der Waals surface area contributed by atoms with Gasteiger partial charge in [-0.05, 0) is 74.8 Å². The fourth-order valence-corrected chi connectivity index (χ4v) is 10.2. The number of rotatable bonds is 3. The zero-order valence-corrected chi connectivity index (χ0v) is 28.3. The summed E-state index contributed by atoms with van der Waals surface area (Å²) in [6.07, 6.45) is 0. The lowest BCUT2D eigenvalue weighted by Gasteiger charge is -2.28. The van der Waals surface area contributed by atoms with Crippen LogP contribution in [0.4, 0.5) is 17.1 Å². The molecule has 0 aliphatic heterocycles. The Hall–Kier alpha value is -6.42. The van der Waals surface area contributed by atoms with Crippen LogP contribution in [0.2, 0.25) is 0 Å². The van der Waals surface area contributed by atoms with Crippen molar-refractivity contribution in [1.29, 1.82) is 0 Å². The summed E-state index contributed by atoms with van der Waals surface area (Å²) in [6.45, 7) is 0. The summed E-state index contributed by atoms with van der Waals surface area (Å²) < 4.78 is 5.08. The fourth-order valence-electron chi connectivity index (χ4n) is 8.98. The third-order valence-electron chi connectivity index (χ3n) is 11.1. The molecule has 0 N–H and O–H groups in total. The van der Waals surface area contributed by atoms with Crippen molar-refractivity contribution in [2.24, 2.45) is 0 Å². The molecule has 12 rings (SSSR count). The lowest BCUT2D eigenvalue weighted by molar-refractivity contribution is 1.32. The Morgan fingerprint density at radius 1 is 0.373 bits per heavy atom. The van der Waals surface area contributed by atoms with E-state index in [1.807, 2.05) is 11.3 Å². The number of anilines is 3. The normalized spacial score (nSPS) is 12.3. The molecule has 0 atom stereocenters. The lowest BCUT2D eigenvalue weighted by atomic mass is 9.94. The van der Waals surface area contributed by atoms with Crippen molar-refractivity contribution in [3.8, 4) is 0 Å². The minimum Gasteiger partial charge on any atom is -0.308 e. The molecule has 0 aliphatic rings. The quantitative estimate of drug-likeness (QED) is 0.171. The van der Waals surface area contributed by atoms with Crippen LogP contribution < -0.4 is 4.90 Å². The standard InChI is InChI=1S/C48H28N2S/c1-2-14-32-30(12-1)31-13-3-4-15-33(31)40-28-29(24-25-34(32)40)49(44-22-11-19-38-36-17-7-10-23-45(36)51-48(38)44)43-27-26-37-35-16-5-8-20-41(35)50-42-21-9-6-18-39(42)46(43)47(37)50/h1-28H. The molecule has 12 aromatic rings. The number of nitrogens with zero attached hydrogens (tertiary/aromatic N) is 2. The first-order valence-electron chi connectivity index (χ1n) is 17.5. The van der Waals surface area contributed by atoms with Gasteiger partial charge in [-0.1, -0.05) is 127 Å². The van der Waals surface area contributed by atoms with Gasteiger partial charge in [-0.25, -0.2) is 0 Å². The molecular weight excluding hydrogens is 637 g/mol. The van der Waals surface area contributed by atoms with Gasteiger partial charge in [-0.15, -0.1) is 11.3 Å². The maximum atomic E-state index is 2.54. The number of benzene rings is 9. The molecule has 3 aromatic heterocycles. The molecule has 0 unspecified atom stereocenters. The monoisotopic (exact) mass is 664 g/mol. The SMILES string of the molecule is c1ccc2c(c1)sc1c(N(c3ccc4c5ccccc5c5ccccc5c4c3)c3ccc4c5ccccc5n5c6ccccc6c3c45)cccc12. The van der Waals surface area contributed by atoms with Gasteiger partial charge in [0.25, 0.3) is 0 Å². The van der Waals surface area contributed by atoms with Crippen molar-refractivity contribution < 1.29 is 0 Å². The molecule has 0 bridgehead atoms. The van der Waals surface area contributed by atoms with E-state index in [4.69, 9.17) is 0 Å². The molecule has 51 heavy (non-hydrogen) atoms. The Bertz CT molecular complexity index is 3350. The van der Waals surface area contributed by atoms with Gasteiger partial charge < -0.3 is 9.30 Å². The van der Waals surface area contributed by atoms with Crippen molar-refractivity contribution in [3.05, 3.63) is 170 Å². The first-order valence-corrected chi connectivity index (χ1v) is 18.3. The Balaban J connectivity index is 1.25. The Morgan fingerprint density at radius 3 is 1.67 bits per heavy atom. The van der Waals surface area contributed by atoms with E-state index in [-0.39, 0.29) is 0 Å². The van der Waals surface area contributed by atoms with E-state index in [0.717, 1.165) is 5.69 Å². The van der Waals surface area contributed by atoms with Gasteiger partial charge in [0.1, 0.15) is 0 Å². The predicted molar refractivity (Wildman–Crippen MR) is 221 cm³/mol. The molecule has 0 fully saturated rings. The smallest absolute Gasteiger partial charge is 0.0641 e. The van der Waals surface area contributed by atoms with Crippen LogP contribution in [0.15, 0.2) is 170 Å². The molecule has 9 aromatic carbocycles. The van der Waals surface area contributed by atoms with Crippen LogP contribution in [0, 0.1) is 0 Å². The number of aromatic nitrogens is 1. The van der Waals surface area contributed by atoms with Crippen LogP contribution in [-0.2, 0) is 0 Å². The molecule has 0 radical (unpaired) electrons. The molecule has 3 heteroatoms. The van der Waals surface area contributed by atoms with Crippen molar-refractivity contribution in [2.75, 3.05) is 4.90 Å². The molecule has 2 nitrogen and oxygen atoms in total. The second-order valence-corrected chi connectivity index (χ2v) is 14.7. The van der Waals surface area contributed by atoms with Gasteiger partial charge in [0, 0.05) is 42.7 Å². The summed E-state index contributed by atoms with van der Waals surface area (Å²) in [5.74, 6) is 0. The van der Waals surface area contributed by atoms with Crippen molar-refractivity contribution in [2.45, 2.75) is 0 Å². The molecule has 0 spiro atoms. The predicted octanol–water partition coefficient (Wildman–Crippen LogP) is 14.1. The fraction of sp³-hybridized carbons (Fsp3) is 0. The summed E-state index contributed by atoms with van der Waals surface area (Å²) >= 11 is 1.89. The minimum atomic E-state index is 1.15. The van der Waals surface area contributed by atoms with Gasteiger partial charge in [0.15, 0.2) is 0 Å². The minimum absolute atomic E-state index is 1.15. The summed E-state index contributed by atoms with van der Waals surface area (Å²) in [5.41, 5.74) is 7.29. The zero-order chi connectivity index (χ0) is 33.2. The number of hydrogen-bond donors (Lipinski definition) is 0. The van der Waals surface area contributed by atoms with Crippen molar-refractivity contribution in [3.63, 3.8) is 0 Å². The van der Waals surface area contributed by atoms with Crippen molar-refractivity contribution >= 4 is 119 Å². The van der Waals surface area contributed by atoms with Crippen molar-refractivity contribution in [1.82, 2.24) is 4.40 Å². The van der Waals surface area contributed by atoms with Gasteiger partial charge in [0.05, 0.1) is 32.6 Å². The third-order valence-corrected chi connectivity index (χ3v) is 12.3. The lowest BCUT2D eigenvalue weighted by Crippen LogP contribution is -2.10. The van der Waals surface area contributed by atoms with E-state index in [1.54, 1.807) is 0 Å². The molecule has 236 valence electrons. The topological polar surface area (TPSA) is 7.65 Å². The number of para-hydroxylation sites is 2. The molecule has 0 amide bonds. The summed E-state index contributed by atoms with van der Waals surface area (Å²) in [6, 6.07) is 63.0. The van der Waals surface area contributed by atoms with E-state index in [1.165, 1.54) is 102 Å². The molecule has 0 saturated carbocycles. The highest BCUT2D eigenvalue weighted by Gasteiger charge is 2.26. The van der Waals surface area contributed by atoms with Gasteiger partial charge in [-0.2, -0.15) is 0 Å². The highest BCUT2D eigenvalue weighted by Crippen LogP contribution is 2.51. The van der Waals surface area contributed by atoms with Gasteiger partial charge >= 0.3 is 0 Å². The average molecular weight is 665 g/mol. The third kappa shape index (κ3) is 3.60. The van der Waals surface area contributed by atoms with Gasteiger partial charge in [0.2, 0.25) is 0 Å².